The van der Waals surface area contributed by atoms with Gasteiger partial charge >= 0.3 is 0 Å². The zero-order chi connectivity index (χ0) is 12.1. The molecule has 0 saturated carbocycles. The standard InChI is InChI=1S/C11H17N3OS/c1-4-5-9(12)10(15)14-8(3)11-13-7(2)6-16-11/h4,6,8-9H,1,5,12H2,2-3H3,(H,14,15). The van der Waals surface area contributed by atoms with Crippen LogP contribution in [0.1, 0.15) is 30.1 Å². The highest BCUT2D eigenvalue weighted by Crippen LogP contribution is 2.17. The van der Waals surface area contributed by atoms with E-state index in [1.165, 1.54) is 11.3 Å². The first-order valence-electron chi connectivity index (χ1n) is 5.13. The molecule has 2 atom stereocenters. The van der Waals surface area contributed by atoms with Gasteiger partial charge in [-0.05, 0) is 20.3 Å². The molecule has 0 saturated heterocycles. The zero-order valence-corrected chi connectivity index (χ0v) is 10.4. The first-order chi connectivity index (χ1) is 7.54. The summed E-state index contributed by atoms with van der Waals surface area (Å²) in [7, 11) is 0. The second kappa shape index (κ2) is 5.77. The monoisotopic (exact) mass is 239 g/mol. The van der Waals surface area contributed by atoms with Crippen LogP contribution < -0.4 is 11.1 Å². The minimum Gasteiger partial charge on any atom is -0.346 e. The van der Waals surface area contributed by atoms with Crippen LogP contribution in [0.4, 0.5) is 0 Å². The van der Waals surface area contributed by atoms with Gasteiger partial charge in [0, 0.05) is 11.1 Å². The molecule has 1 rings (SSSR count). The Balaban J connectivity index is 2.54. The smallest absolute Gasteiger partial charge is 0.237 e. The molecule has 1 aromatic rings. The molecule has 0 radical (unpaired) electrons. The van der Waals surface area contributed by atoms with E-state index in [1.807, 2.05) is 19.2 Å². The minimum absolute atomic E-state index is 0.0953. The Kier molecular flexibility index (Phi) is 4.64. The van der Waals surface area contributed by atoms with Gasteiger partial charge in [0.25, 0.3) is 0 Å². The number of carbonyl (C=O) groups excluding carboxylic acids is 1. The van der Waals surface area contributed by atoms with E-state index in [0.717, 1.165) is 10.7 Å². The molecule has 88 valence electrons. The summed E-state index contributed by atoms with van der Waals surface area (Å²) in [5.41, 5.74) is 6.63. The number of hydrogen-bond acceptors (Lipinski definition) is 4. The number of aromatic nitrogens is 1. The first-order valence-corrected chi connectivity index (χ1v) is 6.01. The zero-order valence-electron chi connectivity index (χ0n) is 9.56. The average molecular weight is 239 g/mol. The van der Waals surface area contributed by atoms with Gasteiger partial charge in [0.1, 0.15) is 5.01 Å². The van der Waals surface area contributed by atoms with E-state index in [0.29, 0.717) is 6.42 Å². The van der Waals surface area contributed by atoms with Crippen molar-refractivity contribution in [3.8, 4) is 0 Å². The number of amides is 1. The Morgan fingerprint density at radius 1 is 1.81 bits per heavy atom. The van der Waals surface area contributed by atoms with Gasteiger partial charge in [0.2, 0.25) is 5.91 Å². The number of aryl methyl sites for hydroxylation is 1. The molecule has 0 aliphatic carbocycles. The molecule has 1 aromatic heterocycles. The fraction of sp³-hybridized carbons (Fsp3) is 0.455. The number of carbonyl (C=O) groups is 1. The molecule has 2 unspecified atom stereocenters. The highest BCUT2D eigenvalue weighted by molar-refractivity contribution is 7.09. The van der Waals surface area contributed by atoms with Crippen molar-refractivity contribution in [1.29, 1.82) is 0 Å². The molecule has 4 nitrogen and oxygen atoms in total. The first kappa shape index (κ1) is 12.9. The average Bonchev–Trinajstić information content (AvgIpc) is 2.65. The van der Waals surface area contributed by atoms with E-state index in [2.05, 4.69) is 16.9 Å². The second-order valence-electron chi connectivity index (χ2n) is 3.69. The van der Waals surface area contributed by atoms with Gasteiger partial charge in [-0.15, -0.1) is 17.9 Å². The van der Waals surface area contributed by atoms with E-state index in [1.54, 1.807) is 6.08 Å². The van der Waals surface area contributed by atoms with Gasteiger partial charge < -0.3 is 11.1 Å². The van der Waals surface area contributed by atoms with Crippen LogP contribution in [-0.4, -0.2) is 16.9 Å². The van der Waals surface area contributed by atoms with Crippen LogP contribution in [0.2, 0.25) is 0 Å². The summed E-state index contributed by atoms with van der Waals surface area (Å²) in [6.07, 6.45) is 2.12. The van der Waals surface area contributed by atoms with Crippen molar-refractivity contribution in [3.05, 3.63) is 28.7 Å². The summed E-state index contributed by atoms with van der Waals surface area (Å²) >= 11 is 1.54. The van der Waals surface area contributed by atoms with Crippen molar-refractivity contribution in [3.63, 3.8) is 0 Å². The van der Waals surface area contributed by atoms with E-state index in [-0.39, 0.29) is 11.9 Å². The highest BCUT2D eigenvalue weighted by Gasteiger charge is 2.16. The van der Waals surface area contributed by atoms with Crippen molar-refractivity contribution in [2.75, 3.05) is 0 Å². The Morgan fingerprint density at radius 2 is 2.50 bits per heavy atom. The summed E-state index contributed by atoms with van der Waals surface area (Å²) in [4.78, 5) is 15.9. The van der Waals surface area contributed by atoms with Crippen molar-refractivity contribution >= 4 is 17.2 Å². The van der Waals surface area contributed by atoms with Crippen LogP contribution in [-0.2, 0) is 4.79 Å². The fourth-order valence-corrected chi connectivity index (χ4v) is 2.04. The normalized spacial score (nSPS) is 14.2. The summed E-state index contributed by atoms with van der Waals surface area (Å²) in [6.45, 7) is 7.38. The second-order valence-corrected chi connectivity index (χ2v) is 4.58. The lowest BCUT2D eigenvalue weighted by atomic mass is 10.2. The van der Waals surface area contributed by atoms with Crippen molar-refractivity contribution < 1.29 is 4.79 Å². The molecule has 3 N–H and O–H groups in total. The SMILES string of the molecule is C=CCC(N)C(=O)NC(C)c1nc(C)cs1. The summed E-state index contributed by atoms with van der Waals surface area (Å²) < 4.78 is 0. The third-order valence-electron chi connectivity index (χ3n) is 2.12. The van der Waals surface area contributed by atoms with Gasteiger partial charge in [0.05, 0.1) is 12.1 Å². The Morgan fingerprint density at radius 3 is 3.00 bits per heavy atom. The van der Waals surface area contributed by atoms with Crippen LogP contribution >= 0.6 is 11.3 Å². The van der Waals surface area contributed by atoms with Crippen molar-refractivity contribution in [1.82, 2.24) is 10.3 Å². The molecule has 0 aliphatic rings. The predicted molar refractivity (Wildman–Crippen MR) is 66.2 cm³/mol. The largest absolute Gasteiger partial charge is 0.346 e. The molecule has 0 fully saturated rings. The number of thiazole rings is 1. The van der Waals surface area contributed by atoms with E-state index >= 15 is 0 Å². The van der Waals surface area contributed by atoms with Crippen LogP contribution in [0.5, 0.6) is 0 Å². The van der Waals surface area contributed by atoms with E-state index in [9.17, 15) is 4.79 Å². The highest BCUT2D eigenvalue weighted by atomic mass is 32.1. The molecular formula is C11H17N3OS. The maximum Gasteiger partial charge on any atom is 0.237 e. The third kappa shape index (κ3) is 3.43. The quantitative estimate of drug-likeness (QED) is 0.766. The van der Waals surface area contributed by atoms with Gasteiger partial charge in [-0.25, -0.2) is 4.98 Å². The van der Waals surface area contributed by atoms with Crippen molar-refractivity contribution in [2.45, 2.75) is 32.4 Å². The summed E-state index contributed by atoms with van der Waals surface area (Å²) in [5, 5.41) is 5.69. The maximum atomic E-state index is 11.6. The molecular weight excluding hydrogens is 222 g/mol. The van der Waals surface area contributed by atoms with Crippen LogP contribution in [0, 0.1) is 6.92 Å². The number of hydrogen-bond donors (Lipinski definition) is 2. The lowest BCUT2D eigenvalue weighted by Crippen LogP contribution is -2.41. The lowest BCUT2D eigenvalue weighted by molar-refractivity contribution is -0.122. The van der Waals surface area contributed by atoms with Gasteiger partial charge in [-0.3, -0.25) is 4.79 Å². The number of nitrogens with two attached hydrogens (primary N) is 1. The number of rotatable bonds is 5. The Hall–Kier alpha value is -1.20. The predicted octanol–water partition coefficient (Wildman–Crippen LogP) is 1.53. The number of nitrogens with one attached hydrogen (secondary N) is 1. The molecule has 1 heterocycles. The maximum absolute atomic E-state index is 11.6. The molecule has 1 amide bonds. The Bertz CT molecular complexity index is 375. The summed E-state index contributed by atoms with van der Waals surface area (Å²) in [5.74, 6) is -0.166. The fourth-order valence-electron chi connectivity index (χ4n) is 1.24. The Labute approximate surface area is 99.6 Å². The van der Waals surface area contributed by atoms with Gasteiger partial charge in [-0.1, -0.05) is 6.08 Å². The van der Waals surface area contributed by atoms with Crippen LogP contribution in [0.3, 0.4) is 0 Å². The molecule has 0 bridgehead atoms. The molecule has 5 heteroatoms. The van der Waals surface area contributed by atoms with Crippen LogP contribution in [0.15, 0.2) is 18.0 Å². The van der Waals surface area contributed by atoms with Crippen molar-refractivity contribution in [2.24, 2.45) is 5.73 Å². The third-order valence-corrected chi connectivity index (χ3v) is 3.27. The summed E-state index contributed by atoms with van der Waals surface area (Å²) in [6, 6.07) is -0.622. The van der Waals surface area contributed by atoms with E-state index in [4.69, 9.17) is 5.73 Å². The van der Waals surface area contributed by atoms with Gasteiger partial charge in [-0.2, -0.15) is 0 Å². The lowest BCUT2D eigenvalue weighted by Gasteiger charge is -2.14. The number of nitrogens with zero attached hydrogens (tertiary/aromatic N) is 1. The molecule has 0 spiro atoms. The molecule has 0 aromatic carbocycles. The molecule has 16 heavy (non-hydrogen) atoms. The van der Waals surface area contributed by atoms with E-state index < -0.39 is 6.04 Å². The topological polar surface area (TPSA) is 68.0 Å². The van der Waals surface area contributed by atoms with Crippen LogP contribution in [0.25, 0.3) is 0 Å². The van der Waals surface area contributed by atoms with Gasteiger partial charge in [0.15, 0.2) is 0 Å². The molecule has 0 aliphatic heterocycles. The minimum atomic E-state index is -0.527.